The standard InChI is InChI=1S/C21H28N4O2/c1-14-12-25(21(27)18-8-7-16-17(23-18)9-10-22-16)13-19(14)24-20(26)11-15-5-3-2-4-6-15/h7-10,14-15,19,22H,2-6,11-13H2,1H3,(H,24,26)/t14-,19-/m1/s1. The molecule has 0 unspecified atom stereocenters. The molecule has 2 atom stereocenters. The van der Waals surface area contributed by atoms with E-state index in [0.717, 1.165) is 11.0 Å². The summed E-state index contributed by atoms with van der Waals surface area (Å²) in [5.74, 6) is 0.861. The Bertz CT molecular complexity index is 824. The molecule has 2 amide bonds. The largest absolute Gasteiger partial charge is 0.360 e. The van der Waals surface area contributed by atoms with E-state index in [4.69, 9.17) is 0 Å². The predicted molar refractivity (Wildman–Crippen MR) is 104 cm³/mol. The van der Waals surface area contributed by atoms with Crippen LogP contribution in [0.1, 0.15) is 55.9 Å². The Kier molecular flexibility index (Phi) is 5.14. The van der Waals surface area contributed by atoms with Crippen LogP contribution in [-0.4, -0.2) is 45.8 Å². The van der Waals surface area contributed by atoms with E-state index in [-0.39, 0.29) is 23.8 Å². The summed E-state index contributed by atoms with van der Waals surface area (Å²) >= 11 is 0. The number of carbonyl (C=O) groups excluding carboxylic acids is 2. The van der Waals surface area contributed by atoms with Crippen molar-refractivity contribution in [1.29, 1.82) is 0 Å². The van der Waals surface area contributed by atoms with Crippen LogP contribution < -0.4 is 5.32 Å². The normalized spacial score (nSPS) is 23.7. The summed E-state index contributed by atoms with van der Waals surface area (Å²) in [6, 6.07) is 5.55. The van der Waals surface area contributed by atoms with Crippen molar-refractivity contribution in [3.63, 3.8) is 0 Å². The fourth-order valence-electron chi connectivity index (χ4n) is 4.46. The number of nitrogens with one attached hydrogen (secondary N) is 2. The van der Waals surface area contributed by atoms with E-state index in [1.165, 1.54) is 32.1 Å². The van der Waals surface area contributed by atoms with E-state index < -0.39 is 0 Å². The Labute approximate surface area is 159 Å². The molecule has 4 rings (SSSR count). The molecule has 0 bridgehead atoms. The van der Waals surface area contributed by atoms with Crippen LogP contribution in [0.5, 0.6) is 0 Å². The Morgan fingerprint density at radius 2 is 2.00 bits per heavy atom. The third-order valence-corrected chi connectivity index (χ3v) is 6.07. The highest BCUT2D eigenvalue weighted by atomic mass is 16.2. The van der Waals surface area contributed by atoms with Gasteiger partial charge in [0.1, 0.15) is 5.69 Å². The quantitative estimate of drug-likeness (QED) is 0.870. The van der Waals surface area contributed by atoms with Gasteiger partial charge in [0, 0.05) is 25.7 Å². The molecule has 2 aliphatic rings. The van der Waals surface area contributed by atoms with Gasteiger partial charge in [-0.3, -0.25) is 9.59 Å². The van der Waals surface area contributed by atoms with Gasteiger partial charge in [0.2, 0.25) is 5.91 Å². The van der Waals surface area contributed by atoms with Gasteiger partial charge in [-0.2, -0.15) is 0 Å². The van der Waals surface area contributed by atoms with Crippen LogP contribution in [-0.2, 0) is 4.79 Å². The van der Waals surface area contributed by atoms with Crippen LogP contribution in [0, 0.1) is 11.8 Å². The lowest BCUT2D eigenvalue weighted by Crippen LogP contribution is -2.41. The van der Waals surface area contributed by atoms with Crippen molar-refractivity contribution in [2.24, 2.45) is 11.8 Å². The molecule has 144 valence electrons. The summed E-state index contributed by atoms with van der Waals surface area (Å²) in [5.41, 5.74) is 2.18. The van der Waals surface area contributed by atoms with Crippen LogP contribution in [0.25, 0.3) is 11.0 Å². The number of rotatable bonds is 4. The van der Waals surface area contributed by atoms with Gasteiger partial charge in [0.15, 0.2) is 0 Å². The van der Waals surface area contributed by atoms with Gasteiger partial charge in [-0.15, -0.1) is 0 Å². The van der Waals surface area contributed by atoms with Gasteiger partial charge in [-0.05, 0) is 42.9 Å². The van der Waals surface area contributed by atoms with E-state index in [2.05, 4.69) is 22.2 Å². The first kappa shape index (κ1) is 18.0. The Hall–Kier alpha value is -2.37. The number of carbonyl (C=O) groups is 2. The Balaban J connectivity index is 1.35. The van der Waals surface area contributed by atoms with Crippen LogP contribution in [0.4, 0.5) is 0 Å². The molecule has 2 fully saturated rings. The van der Waals surface area contributed by atoms with Crippen molar-refractivity contribution in [2.75, 3.05) is 13.1 Å². The van der Waals surface area contributed by atoms with Gasteiger partial charge in [0.05, 0.1) is 17.1 Å². The number of fused-ring (bicyclic) bond motifs is 1. The van der Waals surface area contributed by atoms with Crippen molar-refractivity contribution in [1.82, 2.24) is 20.2 Å². The van der Waals surface area contributed by atoms with Crippen molar-refractivity contribution in [3.05, 3.63) is 30.1 Å². The first-order valence-electron chi connectivity index (χ1n) is 10.1. The van der Waals surface area contributed by atoms with E-state index in [9.17, 15) is 9.59 Å². The number of aromatic amines is 1. The number of pyridine rings is 1. The summed E-state index contributed by atoms with van der Waals surface area (Å²) in [6.45, 7) is 3.31. The van der Waals surface area contributed by atoms with Crippen molar-refractivity contribution in [3.8, 4) is 0 Å². The number of aromatic nitrogens is 2. The van der Waals surface area contributed by atoms with Gasteiger partial charge >= 0.3 is 0 Å². The highest BCUT2D eigenvalue weighted by Crippen LogP contribution is 2.26. The molecule has 1 saturated heterocycles. The lowest BCUT2D eigenvalue weighted by atomic mass is 9.86. The number of hydrogen-bond donors (Lipinski definition) is 2. The summed E-state index contributed by atoms with van der Waals surface area (Å²) in [6.07, 6.45) is 8.59. The minimum Gasteiger partial charge on any atom is -0.360 e. The molecule has 1 aliphatic carbocycles. The number of likely N-dealkylation sites (tertiary alicyclic amines) is 1. The maximum Gasteiger partial charge on any atom is 0.272 e. The number of H-pyrrole nitrogens is 1. The monoisotopic (exact) mass is 368 g/mol. The van der Waals surface area contributed by atoms with Crippen molar-refractivity contribution in [2.45, 2.75) is 51.5 Å². The topological polar surface area (TPSA) is 78.1 Å². The molecule has 1 aliphatic heterocycles. The Morgan fingerprint density at radius 1 is 1.19 bits per heavy atom. The van der Waals surface area contributed by atoms with Crippen LogP contribution in [0.3, 0.4) is 0 Å². The van der Waals surface area contributed by atoms with E-state index in [0.29, 0.717) is 31.1 Å². The summed E-state index contributed by atoms with van der Waals surface area (Å²) in [7, 11) is 0. The summed E-state index contributed by atoms with van der Waals surface area (Å²) < 4.78 is 0. The predicted octanol–water partition coefficient (Wildman–Crippen LogP) is 3.11. The summed E-state index contributed by atoms with van der Waals surface area (Å²) in [5, 5.41) is 3.18. The maximum atomic E-state index is 12.8. The molecule has 6 nitrogen and oxygen atoms in total. The molecular formula is C21H28N4O2. The van der Waals surface area contributed by atoms with E-state index in [1.54, 1.807) is 6.07 Å². The fraction of sp³-hybridized carbons (Fsp3) is 0.571. The van der Waals surface area contributed by atoms with Gasteiger partial charge in [-0.25, -0.2) is 4.98 Å². The van der Waals surface area contributed by atoms with Crippen LogP contribution >= 0.6 is 0 Å². The van der Waals surface area contributed by atoms with E-state index in [1.807, 2.05) is 23.2 Å². The zero-order valence-corrected chi connectivity index (χ0v) is 15.9. The van der Waals surface area contributed by atoms with Gasteiger partial charge < -0.3 is 15.2 Å². The second-order valence-electron chi connectivity index (χ2n) is 8.18. The van der Waals surface area contributed by atoms with Gasteiger partial charge in [-0.1, -0.05) is 26.2 Å². The zero-order chi connectivity index (χ0) is 18.8. The van der Waals surface area contributed by atoms with Crippen LogP contribution in [0.2, 0.25) is 0 Å². The first-order valence-corrected chi connectivity index (χ1v) is 10.1. The molecule has 6 heteroatoms. The van der Waals surface area contributed by atoms with Crippen molar-refractivity contribution < 1.29 is 9.59 Å². The minimum atomic E-state index is -0.0611. The minimum absolute atomic E-state index is 0.0287. The molecule has 1 saturated carbocycles. The average Bonchev–Trinajstić information content (AvgIpc) is 3.28. The molecule has 3 heterocycles. The second kappa shape index (κ2) is 7.71. The Morgan fingerprint density at radius 3 is 2.81 bits per heavy atom. The third kappa shape index (κ3) is 3.99. The van der Waals surface area contributed by atoms with E-state index >= 15 is 0 Å². The highest BCUT2D eigenvalue weighted by molar-refractivity contribution is 5.94. The molecule has 27 heavy (non-hydrogen) atoms. The molecular weight excluding hydrogens is 340 g/mol. The SMILES string of the molecule is C[C@@H]1CN(C(=O)c2ccc3[nH]ccc3n2)C[C@H]1NC(=O)CC1CCCCC1. The van der Waals surface area contributed by atoms with Crippen molar-refractivity contribution >= 4 is 22.8 Å². The maximum absolute atomic E-state index is 12.8. The smallest absolute Gasteiger partial charge is 0.272 e. The zero-order valence-electron chi connectivity index (χ0n) is 15.9. The highest BCUT2D eigenvalue weighted by Gasteiger charge is 2.34. The van der Waals surface area contributed by atoms with Gasteiger partial charge in [0.25, 0.3) is 5.91 Å². The molecule has 0 spiro atoms. The molecule has 2 aromatic heterocycles. The first-order chi connectivity index (χ1) is 13.1. The number of amides is 2. The summed E-state index contributed by atoms with van der Waals surface area (Å²) in [4.78, 5) is 34.7. The second-order valence-corrected chi connectivity index (χ2v) is 8.18. The lowest BCUT2D eigenvalue weighted by Gasteiger charge is -2.23. The number of nitrogens with zero attached hydrogens (tertiary/aromatic N) is 2. The number of hydrogen-bond acceptors (Lipinski definition) is 3. The molecule has 2 aromatic rings. The fourth-order valence-corrected chi connectivity index (χ4v) is 4.46. The molecule has 0 aromatic carbocycles. The molecule has 0 radical (unpaired) electrons. The average molecular weight is 368 g/mol. The lowest BCUT2D eigenvalue weighted by molar-refractivity contribution is -0.123. The third-order valence-electron chi connectivity index (χ3n) is 6.07. The van der Waals surface area contributed by atoms with Crippen LogP contribution in [0.15, 0.2) is 24.4 Å². The molecule has 2 N–H and O–H groups in total.